The van der Waals surface area contributed by atoms with Gasteiger partial charge in [0.25, 0.3) is 0 Å². The zero-order chi connectivity index (χ0) is 17.2. The SMILES string of the molecule is C[C@]12CC[C@@H](O)C[C@@H]1CCC1C3CC[C@@H]4C[C@H](C#N)CC[C@]34CCC12. The fourth-order valence-corrected chi connectivity index (χ4v) is 9.04. The summed E-state index contributed by atoms with van der Waals surface area (Å²) < 4.78 is 0. The first-order valence-corrected chi connectivity index (χ1v) is 11.1. The van der Waals surface area contributed by atoms with Gasteiger partial charge in [-0.3, -0.25) is 0 Å². The lowest BCUT2D eigenvalue weighted by Crippen LogP contribution is -2.55. The van der Waals surface area contributed by atoms with Crippen molar-refractivity contribution in [2.75, 3.05) is 0 Å². The van der Waals surface area contributed by atoms with Crippen molar-refractivity contribution in [3.05, 3.63) is 0 Å². The fraction of sp³-hybridized carbons (Fsp3) is 0.957. The lowest BCUT2D eigenvalue weighted by molar-refractivity contribution is -0.137. The van der Waals surface area contributed by atoms with Gasteiger partial charge in [0, 0.05) is 5.92 Å². The second kappa shape index (κ2) is 5.72. The molecule has 0 bridgehead atoms. The van der Waals surface area contributed by atoms with E-state index in [9.17, 15) is 10.4 Å². The normalized spacial score (nSPS) is 57.6. The molecule has 9 atom stereocenters. The van der Waals surface area contributed by atoms with Gasteiger partial charge in [0.2, 0.25) is 0 Å². The number of aliphatic hydroxyl groups excluding tert-OH is 1. The summed E-state index contributed by atoms with van der Waals surface area (Å²) >= 11 is 0. The molecule has 5 fully saturated rings. The van der Waals surface area contributed by atoms with Crippen molar-refractivity contribution in [1.29, 1.82) is 5.26 Å². The molecule has 25 heavy (non-hydrogen) atoms. The molecule has 1 N–H and O–H groups in total. The van der Waals surface area contributed by atoms with Gasteiger partial charge in [0.15, 0.2) is 0 Å². The van der Waals surface area contributed by atoms with E-state index in [1.807, 2.05) is 0 Å². The predicted octanol–water partition coefficient (Wildman–Crippen LogP) is 5.31. The number of aliphatic hydroxyl groups is 1. The standard InChI is InChI=1S/C23H35NO/c1-22-9-7-18(25)13-16(22)2-4-19-20(22)8-11-23-10-6-15(14-24)12-17(23)3-5-21(19)23/h15-21,25H,2-13H2,1H3/t15-,16+,17-,18-,19?,20?,21?,22+,23-/m1/s1. The first kappa shape index (κ1) is 16.6. The molecule has 0 aromatic rings. The largest absolute Gasteiger partial charge is 0.393 e. The molecule has 0 aromatic carbocycles. The Morgan fingerprint density at radius 3 is 2.48 bits per heavy atom. The van der Waals surface area contributed by atoms with Gasteiger partial charge in [-0.15, -0.1) is 0 Å². The van der Waals surface area contributed by atoms with Crippen LogP contribution >= 0.6 is 0 Å². The van der Waals surface area contributed by atoms with Crippen molar-refractivity contribution < 1.29 is 5.11 Å². The minimum Gasteiger partial charge on any atom is -0.393 e. The van der Waals surface area contributed by atoms with Crippen molar-refractivity contribution in [2.24, 2.45) is 46.3 Å². The predicted molar refractivity (Wildman–Crippen MR) is 98.5 cm³/mol. The Kier molecular flexibility index (Phi) is 3.80. The van der Waals surface area contributed by atoms with Crippen LogP contribution in [0.4, 0.5) is 0 Å². The van der Waals surface area contributed by atoms with E-state index in [2.05, 4.69) is 13.0 Å². The lowest BCUT2D eigenvalue weighted by Gasteiger charge is -2.62. The van der Waals surface area contributed by atoms with Crippen LogP contribution in [0.25, 0.3) is 0 Å². The molecule has 0 amide bonds. The highest BCUT2D eigenvalue weighted by molar-refractivity contribution is 5.12. The zero-order valence-electron chi connectivity index (χ0n) is 15.9. The Morgan fingerprint density at radius 1 is 0.840 bits per heavy atom. The van der Waals surface area contributed by atoms with Crippen LogP contribution in [-0.2, 0) is 0 Å². The molecule has 138 valence electrons. The van der Waals surface area contributed by atoms with E-state index >= 15 is 0 Å². The average molecular weight is 342 g/mol. The zero-order valence-corrected chi connectivity index (χ0v) is 15.9. The van der Waals surface area contributed by atoms with Gasteiger partial charge >= 0.3 is 0 Å². The van der Waals surface area contributed by atoms with Crippen molar-refractivity contribution >= 4 is 0 Å². The molecule has 0 aromatic heterocycles. The van der Waals surface area contributed by atoms with Gasteiger partial charge in [0.05, 0.1) is 12.2 Å². The second-order valence-corrected chi connectivity index (χ2v) is 10.7. The molecule has 5 aliphatic rings. The number of rotatable bonds is 0. The average Bonchev–Trinajstić information content (AvgIpc) is 3.01. The number of fused-ring (bicyclic) bond motifs is 4. The first-order valence-electron chi connectivity index (χ1n) is 11.1. The summed E-state index contributed by atoms with van der Waals surface area (Å²) in [6.45, 7) is 2.59. The molecular formula is C23H35NO. The Morgan fingerprint density at radius 2 is 1.64 bits per heavy atom. The first-order chi connectivity index (χ1) is 12.1. The maximum atomic E-state index is 10.2. The van der Waals surface area contributed by atoms with Gasteiger partial charge in [-0.25, -0.2) is 0 Å². The fourth-order valence-electron chi connectivity index (χ4n) is 9.04. The summed E-state index contributed by atoms with van der Waals surface area (Å²) in [5.41, 5.74) is 1.12. The van der Waals surface area contributed by atoms with Crippen molar-refractivity contribution in [3.63, 3.8) is 0 Å². The maximum Gasteiger partial charge on any atom is 0.0655 e. The summed E-state index contributed by atoms with van der Waals surface area (Å²) in [4.78, 5) is 0. The number of nitriles is 1. The minimum absolute atomic E-state index is 0.0262. The van der Waals surface area contributed by atoms with Crippen LogP contribution in [0.2, 0.25) is 0 Å². The van der Waals surface area contributed by atoms with E-state index in [1.54, 1.807) is 0 Å². The van der Waals surface area contributed by atoms with Crippen molar-refractivity contribution in [1.82, 2.24) is 0 Å². The highest BCUT2D eigenvalue weighted by atomic mass is 16.3. The molecule has 0 aliphatic heterocycles. The van der Waals surface area contributed by atoms with E-state index in [4.69, 9.17) is 0 Å². The monoisotopic (exact) mass is 341 g/mol. The molecule has 2 nitrogen and oxygen atoms in total. The number of hydrogen-bond donors (Lipinski definition) is 1. The third kappa shape index (κ3) is 2.24. The van der Waals surface area contributed by atoms with Gasteiger partial charge in [-0.2, -0.15) is 5.26 Å². The van der Waals surface area contributed by atoms with E-state index in [0.717, 1.165) is 42.4 Å². The lowest BCUT2D eigenvalue weighted by atomic mass is 9.43. The van der Waals surface area contributed by atoms with Crippen molar-refractivity contribution in [3.8, 4) is 6.07 Å². The Bertz CT molecular complexity index is 581. The summed E-state index contributed by atoms with van der Waals surface area (Å²) in [5, 5.41) is 19.6. The van der Waals surface area contributed by atoms with Gasteiger partial charge in [-0.05, 0) is 117 Å². The molecule has 2 heteroatoms. The summed E-state index contributed by atoms with van der Waals surface area (Å²) in [6.07, 6.45) is 15.6. The molecule has 0 heterocycles. The van der Waals surface area contributed by atoms with Crippen LogP contribution in [0.5, 0.6) is 0 Å². The smallest absolute Gasteiger partial charge is 0.0655 e. The van der Waals surface area contributed by atoms with E-state index < -0.39 is 0 Å². The van der Waals surface area contributed by atoms with Gasteiger partial charge in [0.1, 0.15) is 0 Å². The molecular weight excluding hydrogens is 306 g/mol. The molecule has 1 spiro atoms. The third-order valence-electron chi connectivity index (χ3n) is 10.2. The number of hydrogen-bond acceptors (Lipinski definition) is 2. The summed E-state index contributed by atoms with van der Waals surface area (Å²) in [7, 11) is 0. The molecule has 5 rings (SSSR count). The molecule has 0 saturated heterocycles. The molecule has 3 unspecified atom stereocenters. The Hall–Kier alpha value is -0.550. The highest BCUT2D eigenvalue weighted by Crippen LogP contribution is 2.70. The number of nitrogens with zero attached hydrogens (tertiary/aromatic N) is 1. The Labute approximate surface area is 153 Å². The summed E-state index contributed by atoms with van der Waals surface area (Å²) in [5.74, 6) is 4.81. The van der Waals surface area contributed by atoms with Crippen LogP contribution in [0.1, 0.15) is 84.0 Å². The highest BCUT2D eigenvalue weighted by Gasteiger charge is 2.62. The second-order valence-electron chi connectivity index (χ2n) is 10.7. The van der Waals surface area contributed by atoms with Crippen LogP contribution in [-0.4, -0.2) is 11.2 Å². The van der Waals surface area contributed by atoms with E-state index in [0.29, 0.717) is 16.7 Å². The van der Waals surface area contributed by atoms with Gasteiger partial charge < -0.3 is 5.11 Å². The summed E-state index contributed by atoms with van der Waals surface area (Å²) in [6, 6.07) is 2.59. The van der Waals surface area contributed by atoms with Crippen molar-refractivity contribution in [2.45, 2.75) is 90.1 Å². The van der Waals surface area contributed by atoms with E-state index in [-0.39, 0.29) is 6.10 Å². The molecule has 5 aliphatic carbocycles. The van der Waals surface area contributed by atoms with Crippen LogP contribution < -0.4 is 0 Å². The van der Waals surface area contributed by atoms with Gasteiger partial charge in [-0.1, -0.05) is 6.92 Å². The van der Waals surface area contributed by atoms with Crippen LogP contribution in [0.3, 0.4) is 0 Å². The van der Waals surface area contributed by atoms with Crippen LogP contribution in [0, 0.1) is 57.7 Å². The molecule has 5 saturated carbocycles. The molecule has 0 radical (unpaired) electrons. The van der Waals surface area contributed by atoms with E-state index in [1.165, 1.54) is 64.2 Å². The quantitative estimate of drug-likeness (QED) is 0.649. The maximum absolute atomic E-state index is 10.2. The topological polar surface area (TPSA) is 44.0 Å². The van der Waals surface area contributed by atoms with Crippen LogP contribution in [0.15, 0.2) is 0 Å². The minimum atomic E-state index is -0.0262. The third-order valence-corrected chi connectivity index (χ3v) is 10.2. The Balaban J connectivity index is 1.41.